The number of aromatic amines is 4. The van der Waals surface area contributed by atoms with Gasteiger partial charge in [-0.3, -0.25) is 14.7 Å². The molecule has 15 heteroatoms. The van der Waals surface area contributed by atoms with Gasteiger partial charge in [0.15, 0.2) is 4.90 Å². The number of hydrogen-bond acceptors (Lipinski definition) is 8. The van der Waals surface area contributed by atoms with Crippen LogP contribution in [0.15, 0.2) is 110 Å². The van der Waals surface area contributed by atoms with Gasteiger partial charge in [0, 0.05) is 43.8 Å². The van der Waals surface area contributed by atoms with E-state index in [4.69, 9.17) is 20.0 Å². The minimum atomic E-state index is -5.11. The van der Waals surface area contributed by atoms with Crippen LogP contribution >= 0.6 is 0 Å². The van der Waals surface area contributed by atoms with Gasteiger partial charge >= 0.3 is 10.1 Å². The van der Waals surface area contributed by atoms with E-state index in [1.54, 1.807) is 0 Å². The van der Waals surface area contributed by atoms with E-state index in [0.29, 0.717) is 49.7 Å². The molecule has 8 bridgehead atoms. The van der Waals surface area contributed by atoms with Gasteiger partial charge in [-0.15, -0.1) is 0 Å². The number of nitro benzene ring substituents is 1. The first kappa shape index (κ1) is 26.9. The van der Waals surface area contributed by atoms with Crippen molar-refractivity contribution in [3.63, 3.8) is 0 Å². The molecule has 5 N–H and O–H groups in total. The fourth-order valence-corrected chi connectivity index (χ4v) is 7.10. The average Bonchev–Trinajstić information content (AvgIpc) is 3.79. The molecule has 8 aromatic rings. The predicted molar refractivity (Wildman–Crippen MR) is 173 cm³/mol. The molecule has 4 aromatic carbocycles. The van der Waals surface area contributed by atoms with Gasteiger partial charge in [0.2, 0.25) is 0 Å². The van der Waals surface area contributed by atoms with Crippen molar-refractivity contribution in [2.24, 2.45) is 20.0 Å². The van der Waals surface area contributed by atoms with Crippen molar-refractivity contribution in [3.05, 3.63) is 117 Å². The second-order valence-electron chi connectivity index (χ2n) is 10.9. The highest BCUT2D eigenvalue weighted by molar-refractivity contribution is 7.86. The number of aromatic nitrogens is 4. The summed E-state index contributed by atoms with van der Waals surface area (Å²) in [6.07, 6.45) is 0. The molecule has 0 atom stereocenters. The van der Waals surface area contributed by atoms with E-state index in [1.807, 2.05) is 72.8 Å². The van der Waals surface area contributed by atoms with Crippen molar-refractivity contribution in [1.82, 2.24) is 19.9 Å². The number of hydrogen-bond donors (Lipinski definition) is 5. The van der Waals surface area contributed by atoms with E-state index in [9.17, 15) is 23.1 Å². The van der Waals surface area contributed by atoms with Crippen molar-refractivity contribution in [1.29, 1.82) is 0 Å². The number of nitro groups is 1. The lowest BCUT2D eigenvalue weighted by Gasteiger charge is -2.02. The zero-order chi connectivity index (χ0) is 32.0. The Bertz CT molecular complexity index is 3040. The molecule has 0 aliphatic carbocycles. The fraction of sp³-hybridized carbons (Fsp3) is 0. The molecule has 14 nitrogen and oxygen atoms in total. The van der Waals surface area contributed by atoms with Gasteiger partial charge in [0.25, 0.3) is 5.69 Å². The summed E-state index contributed by atoms with van der Waals surface area (Å²) in [6.45, 7) is 0. The van der Waals surface area contributed by atoms with Crippen LogP contribution in [0.5, 0.6) is 0 Å². The van der Waals surface area contributed by atoms with Crippen molar-refractivity contribution < 1.29 is 17.9 Å². The molecule has 0 unspecified atom stereocenters. The Kier molecular flexibility index (Phi) is 5.45. The summed E-state index contributed by atoms with van der Waals surface area (Å²) in [4.78, 5) is 42.7. The van der Waals surface area contributed by atoms with Crippen LogP contribution in [0.2, 0.25) is 0 Å². The van der Waals surface area contributed by atoms with E-state index < -0.39 is 25.6 Å². The summed E-state index contributed by atoms with van der Waals surface area (Å²) in [5.74, 6) is 1.19. The maximum Gasteiger partial charge on any atom is 0.302 e. The highest BCUT2D eigenvalue weighted by Gasteiger charge is 2.31. The zero-order valence-corrected chi connectivity index (χ0v) is 24.6. The SMILES string of the molecule is O=[N+]([O-])c1ccc2c3[nH]c(c2c1S(=O)(=O)O)N=c1[nH]c(c2ccccc12)=Nc1[nH]c(c2ccccc12)N=c1[nH]c(c2ccccc12)=N3. The van der Waals surface area contributed by atoms with Gasteiger partial charge in [-0.05, 0) is 6.07 Å². The third kappa shape index (κ3) is 4.04. The second-order valence-corrected chi connectivity index (χ2v) is 12.3. The van der Waals surface area contributed by atoms with Crippen molar-refractivity contribution in [2.75, 3.05) is 0 Å². The summed E-state index contributed by atoms with van der Waals surface area (Å²) < 4.78 is 35.8. The van der Waals surface area contributed by atoms with Gasteiger partial charge in [0.1, 0.15) is 45.2 Å². The number of rotatable bonds is 2. The van der Waals surface area contributed by atoms with Crippen molar-refractivity contribution in [3.8, 4) is 0 Å². The molecule has 0 radical (unpaired) electrons. The average molecular weight is 642 g/mol. The molecule has 47 heavy (non-hydrogen) atoms. The number of fused-ring (bicyclic) bond motifs is 20. The lowest BCUT2D eigenvalue weighted by Crippen LogP contribution is -2.10. The predicted octanol–water partition coefficient (Wildman–Crippen LogP) is 4.89. The Morgan fingerprint density at radius 1 is 0.532 bits per heavy atom. The largest absolute Gasteiger partial charge is 0.324 e. The zero-order valence-electron chi connectivity index (χ0n) is 23.8. The lowest BCUT2D eigenvalue weighted by molar-refractivity contribution is -0.387. The smallest absolute Gasteiger partial charge is 0.302 e. The van der Waals surface area contributed by atoms with Crippen LogP contribution in [0.25, 0.3) is 43.1 Å². The molecule has 4 aromatic heterocycles. The maximum atomic E-state index is 12.8. The third-order valence-electron chi connectivity index (χ3n) is 8.24. The first-order valence-corrected chi connectivity index (χ1v) is 15.7. The lowest BCUT2D eigenvalue weighted by atomic mass is 10.2. The number of benzene rings is 4. The molecule has 0 fully saturated rings. The first-order chi connectivity index (χ1) is 22.7. The first-order valence-electron chi connectivity index (χ1n) is 14.2. The minimum absolute atomic E-state index is 0.0749. The molecule has 1 aliphatic rings. The molecule has 0 saturated carbocycles. The maximum absolute atomic E-state index is 12.8. The number of H-pyrrole nitrogens is 4. The Labute approximate surface area is 261 Å². The standard InChI is InChI=1S/C32H19N9O5S/c42-41(43)22-14-13-21-23(24(22)47(44,45)46)32-39-30-20-12-6-5-11-19(20)28(37-30)35-26-16-8-2-1-7-15(16)25(33-26)34-27-17-9-3-4-10-18(17)29(36-27)38-31(21)40-32/h1-14H,(H,44,45,46)(H4,33,34,35,36,37,38,39,40). The molecule has 0 saturated heterocycles. The van der Waals surface area contributed by atoms with Crippen molar-refractivity contribution in [2.45, 2.75) is 4.90 Å². The number of nitrogens with zero attached hydrogens (tertiary/aromatic N) is 5. The molecule has 0 amide bonds. The minimum Gasteiger partial charge on any atom is -0.324 e. The Balaban J connectivity index is 1.53. The van der Waals surface area contributed by atoms with Gasteiger partial charge in [0.05, 0.1) is 10.3 Å². The van der Waals surface area contributed by atoms with Crippen LogP contribution < -0.4 is 22.0 Å². The Hall–Kier alpha value is -6.45. The van der Waals surface area contributed by atoms with Gasteiger partial charge < -0.3 is 19.9 Å². The third-order valence-corrected chi connectivity index (χ3v) is 9.17. The van der Waals surface area contributed by atoms with Gasteiger partial charge in [-0.1, -0.05) is 72.8 Å². The molecule has 0 spiro atoms. The molecule has 1 aliphatic heterocycles. The van der Waals surface area contributed by atoms with E-state index in [1.165, 1.54) is 6.07 Å². The van der Waals surface area contributed by atoms with E-state index in [-0.39, 0.29) is 22.4 Å². The van der Waals surface area contributed by atoms with Crippen molar-refractivity contribution >= 4 is 82.2 Å². The second kappa shape index (κ2) is 9.53. The summed E-state index contributed by atoms with van der Waals surface area (Å²) in [5, 5.41) is 16.5. The summed E-state index contributed by atoms with van der Waals surface area (Å²) in [7, 11) is -5.11. The highest BCUT2D eigenvalue weighted by atomic mass is 32.2. The van der Waals surface area contributed by atoms with Crippen LogP contribution in [0.3, 0.4) is 0 Å². The molecular weight excluding hydrogens is 622 g/mol. The Morgan fingerprint density at radius 3 is 1.34 bits per heavy atom. The normalized spacial score (nSPS) is 13.0. The van der Waals surface area contributed by atoms with E-state index in [2.05, 4.69) is 19.9 Å². The van der Waals surface area contributed by atoms with Crippen LogP contribution in [-0.2, 0) is 10.1 Å². The van der Waals surface area contributed by atoms with E-state index in [0.717, 1.165) is 22.2 Å². The molecule has 228 valence electrons. The number of nitrogens with one attached hydrogen (secondary N) is 4. The monoisotopic (exact) mass is 641 g/mol. The fourth-order valence-electron chi connectivity index (χ4n) is 6.23. The quantitative estimate of drug-likeness (QED) is 0.101. The van der Waals surface area contributed by atoms with Gasteiger partial charge in [-0.25, -0.2) is 20.0 Å². The molecule has 9 rings (SSSR count). The summed E-state index contributed by atoms with van der Waals surface area (Å²) in [6, 6.07) is 25.0. The van der Waals surface area contributed by atoms with E-state index >= 15 is 0 Å². The topological polar surface area (TPSA) is 210 Å². The van der Waals surface area contributed by atoms with Crippen LogP contribution in [0, 0.1) is 10.1 Å². The highest BCUT2D eigenvalue weighted by Crippen LogP contribution is 2.42. The van der Waals surface area contributed by atoms with Crippen LogP contribution in [0.4, 0.5) is 29.0 Å². The van der Waals surface area contributed by atoms with Crippen LogP contribution in [-0.4, -0.2) is 37.8 Å². The Morgan fingerprint density at radius 2 is 0.915 bits per heavy atom. The summed E-state index contributed by atoms with van der Waals surface area (Å²) >= 11 is 0. The molecule has 5 heterocycles. The summed E-state index contributed by atoms with van der Waals surface area (Å²) in [5.41, 5.74) is 0.844. The van der Waals surface area contributed by atoms with Crippen LogP contribution in [0.1, 0.15) is 0 Å². The molecular formula is C32H19N9O5S. The van der Waals surface area contributed by atoms with Gasteiger partial charge in [-0.2, -0.15) is 8.42 Å².